The minimum atomic E-state index is -4.12. The number of thiazole rings is 1. The van der Waals surface area contributed by atoms with E-state index in [1.54, 1.807) is 36.6 Å². The van der Waals surface area contributed by atoms with Crippen LogP contribution in [-0.4, -0.2) is 23.2 Å². The van der Waals surface area contributed by atoms with Crippen molar-refractivity contribution in [1.82, 2.24) is 14.8 Å². The summed E-state index contributed by atoms with van der Waals surface area (Å²) in [5, 5.41) is 9.96. The Morgan fingerprint density at radius 1 is 1.13 bits per heavy atom. The summed E-state index contributed by atoms with van der Waals surface area (Å²) in [6.07, 6.45) is 1.45. The SMILES string of the molecule is Cc1cc(Nc2ccc(S(=O)(=O)Nc3nccs3)c(F)c2)n(-c2c(Cl)cccc2Cl)n1. The molecule has 4 aromatic rings. The second-order valence-corrected chi connectivity index (χ2v) is 9.73. The number of sulfonamides is 1. The minimum Gasteiger partial charge on any atom is -0.340 e. The van der Waals surface area contributed by atoms with E-state index in [1.807, 2.05) is 0 Å². The highest BCUT2D eigenvalue weighted by Gasteiger charge is 2.21. The summed E-state index contributed by atoms with van der Waals surface area (Å²) in [5.41, 5.74) is 1.45. The van der Waals surface area contributed by atoms with E-state index in [9.17, 15) is 12.8 Å². The monoisotopic (exact) mass is 497 g/mol. The summed E-state index contributed by atoms with van der Waals surface area (Å²) >= 11 is 13.7. The van der Waals surface area contributed by atoms with Crippen LogP contribution in [0.2, 0.25) is 10.0 Å². The molecule has 160 valence electrons. The van der Waals surface area contributed by atoms with Gasteiger partial charge in [-0.1, -0.05) is 29.3 Å². The first-order chi connectivity index (χ1) is 14.7. The van der Waals surface area contributed by atoms with Crippen molar-refractivity contribution in [2.24, 2.45) is 0 Å². The maximum Gasteiger partial charge on any atom is 0.266 e. The molecule has 2 heterocycles. The Labute approximate surface area is 191 Å². The lowest BCUT2D eigenvalue weighted by Crippen LogP contribution is -2.14. The van der Waals surface area contributed by atoms with E-state index in [0.717, 1.165) is 17.4 Å². The van der Waals surface area contributed by atoms with Crippen LogP contribution in [-0.2, 0) is 10.0 Å². The Hall–Kier alpha value is -2.66. The maximum atomic E-state index is 14.7. The molecule has 0 aliphatic carbocycles. The van der Waals surface area contributed by atoms with Gasteiger partial charge in [0.2, 0.25) is 0 Å². The van der Waals surface area contributed by atoms with Gasteiger partial charge in [-0.05, 0) is 37.3 Å². The maximum absolute atomic E-state index is 14.7. The number of halogens is 3. The molecule has 0 aliphatic rings. The van der Waals surface area contributed by atoms with E-state index >= 15 is 0 Å². The van der Waals surface area contributed by atoms with Gasteiger partial charge < -0.3 is 5.32 Å². The first kappa shape index (κ1) is 21.6. The highest BCUT2D eigenvalue weighted by molar-refractivity contribution is 7.93. The fourth-order valence-corrected chi connectivity index (χ4v) is 5.25. The van der Waals surface area contributed by atoms with Gasteiger partial charge in [-0.15, -0.1) is 11.3 Å². The second kappa shape index (κ2) is 8.46. The van der Waals surface area contributed by atoms with E-state index in [1.165, 1.54) is 23.0 Å². The topological polar surface area (TPSA) is 88.9 Å². The highest BCUT2D eigenvalue weighted by Crippen LogP contribution is 2.32. The van der Waals surface area contributed by atoms with Crippen LogP contribution >= 0.6 is 34.5 Å². The number of nitrogens with one attached hydrogen (secondary N) is 2. The van der Waals surface area contributed by atoms with Crippen LogP contribution in [0.25, 0.3) is 5.69 Å². The molecule has 0 amide bonds. The van der Waals surface area contributed by atoms with Crippen molar-refractivity contribution in [2.45, 2.75) is 11.8 Å². The number of nitrogens with zero attached hydrogens (tertiary/aromatic N) is 3. The van der Waals surface area contributed by atoms with Crippen molar-refractivity contribution >= 4 is 61.2 Å². The Morgan fingerprint density at radius 2 is 1.87 bits per heavy atom. The van der Waals surface area contributed by atoms with Gasteiger partial charge in [0.25, 0.3) is 10.0 Å². The Bertz CT molecular complexity index is 1340. The normalized spacial score (nSPS) is 11.5. The average Bonchev–Trinajstić information content (AvgIpc) is 3.31. The van der Waals surface area contributed by atoms with Gasteiger partial charge >= 0.3 is 0 Å². The number of para-hydroxylation sites is 1. The molecule has 0 fully saturated rings. The summed E-state index contributed by atoms with van der Waals surface area (Å²) in [7, 11) is -4.12. The zero-order valence-electron chi connectivity index (χ0n) is 15.8. The van der Waals surface area contributed by atoms with Crippen molar-refractivity contribution in [2.75, 3.05) is 10.0 Å². The molecule has 2 aromatic heterocycles. The molecule has 0 saturated carbocycles. The summed E-state index contributed by atoms with van der Waals surface area (Å²) in [4.78, 5) is 3.35. The lowest BCUT2D eigenvalue weighted by atomic mass is 10.3. The molecule has 7 nitrogen and oxygen atoms in total. The Morgan fingerprint density at radius 3 is 2.52 bits per heavy atom. The molecule has 0 bridgehead atoms. The average molecular weight is 498 g/mol. The first-order valence-corrected chi connectivity index (χ1v) is 11.9. The van der Waals surface area contributed by atoms with Crippen molar-refractivity contribution in [3.8, 4) is 5.69 Å². The van der Waals surface area contributed by atoms with Crippen LogP contribution in [0.15, 0.2) is 58.9 Å². The molecule has 12 heteroatoms. The molecule has 0 saturated heterocycles. The van der Waals surface area contributed by atoms with Crippen molar-refractivity contribution in [3.63, 3.8) is 0 Å². The fraction of sp³-hybridized carbons (Fsp3) is 0.0526. The van der Waals surface area contributed by atoms with Crippen molar-refractivity contribution in [3.05, 3.63) is 75.6 Å². The second-order valence-electron chi connectivity index (χ2n) is 6.37. The fourth-order valence-electron chi connectivity index (χ4n) is 2.84. The molecular weight excluding hydrogens is 484 g/mol. The zero-order valence-corrected chi connectivity index (χ0v) is 18.9. The standard InChI is InChI=1S/C19H14Cl2FN5O2S2/c1-11-9-17(27(25-11)18-13(20)3-2-4-14(18)21)24-12-5-6-16(15(22)10-12)31(28,29)26-19-23-7-8-30-19/h2-10,24H,1H3,(H,23,26). The van der Waals surface area contributed by atoms with Gasteiger partial charge in [0.05, 0.1) is 15.7 Å². The van der Waals surface area contributed by atoms with Gasteiger partial charge in [0.1, 0.15) is 22.2 Å². The van der Waals surface area contributed by atoms with E-state index in [0.29, 0.717) is 32.9 Å². The summed E-state index contributed by atoms with van der Waals surface area (Å²) in [5.74, 6) is -0.448. The lowest BCUT2D eigenvalue weighted by molar-refractivity contribution is 0.570. The minimum absolute atomic E-state index is 0.151. The molecular formula is C19H14Cl2FN5O2S2. The predicted octanol–water partition coefficient (Wildman–Crippen LogP) is 5.63. The van der Waals surface area contributed by atoms with Gasteiger partial charge in [-0.2, -0.15) is 5.10 Å². The Balaban J connectivity index is 1.65. The number of rotatable bonds is 6. The smallest absolute Gasteiger partial charge is 0.266 e. The van der Waals surface area contributed by atoms with E-state index < -0.39 is 20.7 Å². The van der Waals surface area contributed by atoms with Crippen molar-refractivity contribution in [1.29, 1.82) is 0 Å². The first-order valence-electron chi connectivity index (χ1n) is 8.74. The van der Waals surface area contributed by atoms with Crippen LogP contribution in [0.4, 0.5) is 21.0 Å². The molecule has 0 radical (unpaired) electrons. The molecule has 31 heavy (non-hydrogen) atoms. The third-order valence-electron chi connectivity index (χ3n) is 4.13. The molecule has 2 N–H and O–H groups in total. The zero-order chi connectivity index (χ0) is 22.2. The third-order valence-corrected chi connectivity index (χ3v) is 6.93. The van der Waals surface area contributed by atoms with Gasteiger partial charge in [0, 0.05) is 23.3 Å². The molecule has 0 atom stereocenters. The number of anilines is 3. The van der Waals surface area contributed by atoms with Crippen LogP contribution in [0.3, 0.4) is 0 Å². The van der Waals surface area contributed by atoms with E-state index in [2.05, 4.69) is 20.1 Å². The van der Waals surface area contributed by atoms with Crippen LogP contribution < -0.4 is 10.0 Å². The Kier molecular flexibility index (Phi) is 5.89. The van der Waals surface area contributed by atoms with Gasteiger partial charge in [-0.3, -0.25) is 4.72 Å². The molecule has 0 spiro atoms. The number of aromatic nitrogens is 3. The predicted molar refractivity (Wildman–Crippen MR) is 121 cm³/mol. The molecule has 0 aliphatic heterocycles. The number of hydrogen-bond donors (Lipinski definition) is 2. The van der Waals surface area contributed by atoms with Gasteiger partial charge in [0.15, 0.2) is 5.13 Å². The number of aryl methyl sites for hydroxylation is 1. The van der Waals surface area contributed by atoms with Crippen LogP contribution in [0.1, 0.15) is 5.69 Å². The third kappa shape index (κ3) is 4.52. The number of benzene rings is 2. The molecule has 2 aromatic carbocycles. The highest BCUT2D eigenvalue weighted by atomic mass is 35.5. The van der Waals surface area contributed by atoms with Crippen LogP contribution in [0.5, 0.6) is 0 Å². The number of hydrogen-bond acceptors (Lipinski definition) is 6. The summed E-state index contributed by atoms with van der Waals surface area (Å²) in [6, 6.07) is 10.5. The molecule has 0 unspecified atom stereocenters. The van der Waals surface area contributed by atoms with Crippen molar-refractivity contribution < 1.29 is 12.8 Å². The largest absolute Gasteiger partial charge is 0.340 e. The lowest BCUT2D eigenvalue weighted by Gasteiger charge is -2.13. The summed E-state index contributed by atoms with van der Waals surface area (Å²) < 4.78 is 43.4. The quantitative estimate of drug-likeness (QED) is 0.360. The van der Waals surface area contributed by atoms with E-state index in [-0.39, 0.29) is 5.13 Å². The van der Waals surface area contributed by atoms with Gasteiger partial charge in [-0.25, -0.2) is 22.5 Å². The van der Waals surface area contributed by atoms with Crippen LogP contribution in [0, 0.1) is 12.7 Å². The van der Waals surface area contributed by atoms with E-state index in [4.69, 9.17) is 23.2 Å². The molecule has 4 rings (SSSR count). The summed E-state index contributed by atoms with van der Waals surface area (Å²) in [6.45, 7) is 1.78.